The van der Waals surface area contributed by atoms with Crippen LogP contribution in [-0.4, -0.2) is 43.8 Å². The second-order valence-corrected chi connectivity index (χ2v) is 11.5. The fourth-order valence-corrected chi connectivity index (χ4v) is 5.49. The predicted octanol–water partition coefficient (Wildman–Crippen LogP) is 4.58. The minimum Gasteiger partial charge on any atom is -0.352 e. The van der Waals surface area contributed by atoms with Crippen LogP contribution in [0.3, 0.4) is 0 Å². The maximum absolute atomic E-state index is 13.9. The molecule has 0 saturated carbocycles. The number of carbonyl (C=O) groups excluding carboxylic acids is 2. The van der Waals surface area contributed by atoms with Crippen LogP contribution in [0.5, 0.6) is 0 Å². The van der Waals surface area contributed by atoms with Gasteiger partial charge in [-0.25, -0.2) is 12.8 Å². The topological polar surface area (TPSA) is 86.8 Å². The minimum absolute atomic E-state index is 0.00216. The Bertz CT molecular complexity index is 1380. The number of sulfonamides is 1. The number of halogens is 1. The number of aryl methyl sites for hydroxylation is 2. The number of carbonyl (C=O) groups is 2. The van der Waals surface area contributed by atoms with Gasteiger partial charge in [0.1, 0.15) is 18.4 Å². The van der Waals surface area contributed by atoms with E-state index in [-0.39, 0.29) is 23.4 Å². The van der Waals surface area contributed by atoms with Crippen LogP contribution in [0.1, 0.15) is 37.5 Å². The van der Waals surface area contributed by atoms with E-state index in [4.69, 9.17) is 0 Å². The molecule has 202 valence electrons. The summed E-state index contributed by atoms with van der Waals surface area (Å²) in [5.74, 6) is -1.37. The number of nitrogens with zero attached hydrogens (tertiary/aromatic N) is 2. The van der Waals surface area contributed by atoms with Gasteiger partial charge in [-0.3, -0.25) is 13.9 Å². The number of benzene rings is 3. The van der Waals surface area contributed by atoms with Crippen molar-refractivity contribution in [3.8, 4) is 0 Å². The number of amides is 2. The van der Waals surface area contributed by atoms with Crippen LogP contribution in [0.2, 0.25) is 0 Å². The lowest BCUT2D eigenvalue weighted by Gasteiger charge is -2.32. The number of anilines is 1. The molecule has 0 fully saturated rings. The van der Waals surface area contributed by atoms with Gasteiger partial charge >= 0.3 is 0 Å². The third-order valence-electron chi connectivity index (χ3n) is 6.11. The largest absolute Gasteiger partial charge is 0.352 e. The summed E-state index contributed by atoms with van der Waals surface area (Å²) in [5, 5.41) is 2.81. The molecule has 0 unspecified atom stereocenters. The minimum atomic E-state index is -4.13. The highest BCUT2D eigenvalue weighted by Gasteiger charge is 2.33. The molecule has 1 N–H and O–H groups in total. The Hall–Kier alpha value is -3.72. The highest BCUT2D eigenvalue weighted by Crippen LogP contribution is 2.28. The van der Waals surface area contributed by atoms with Gasteiger partial charge in [0.25, 0.3) is 10.0 Å². The summed E-state index contributed by atoms with van der Waals surface area (Å²) in [6.07, 6.45) is 0. The molecular weight excluding hydrogens is 505 g/mol. The molecule has 0 aliphatic carbocycles. The Kier molecular flexibility index (Phi) is 9.27. The van der Waals surface area contributed by atoms with Gasteiger partial charge in [0.2, 0.25) is 11.8 Å². The van der Waals surface area contributed by atoms with E-state index in [1.165, 1.54) is 41.3 Å². The first-order valence-electron chi connectivity index (χ1n) is 12.4. The molecule has 0 aromatic heterocycles. The lowest BCUT2D eigenvalue weighted by atomic mass is 10.1. The number of hydrogen-bond donors (Lipinski definition) is 1. The van der Waals surface area contributed by atoms with Gasteiger partial charge in [-0.05, 0) is 81.6 Å². The van der Waals surface area contributed by atoms with Crippen LogP contribution < -0.4 is 9.62 Å². The average molecular weight is 540 g/mol. The van der Waals surface area contributed by atoms with E-state index in [9.17, 15) is 22.4 Å². The van der Waals surface area contributed by atoms with Gasteiger partial charge in [-0.1, -0.05) is 42.5 Å². The summed E-state index contributed by atoms with van der Waals surface area (Å²) in [4.78, 5) is 28.2. The molecule has 0 aliphatic heterocycles. The third-order valence-corrected chi connectivity index (χ3v) is 7.88. The van der Waals surface area contributed by atoms with Crippen molar-refractivity contribution in [2.45, 2.75) is 58.1 Å². The third kappa shape index (κ3) is 6.98. The maximum Gasteiger partial charge on any atom is 0.264 e. The Morgan fingerprint density at radius 2 is 1.55 bits per heavy atom. The molecule has 0 spiro atoms. The van der Waals surface area contributed by atoms with Gasteiger partial charge in [0, 0.05) is 12.6 Å². The monoisotopic (exact) mass is 539 g/mol. The van der Waals surface area contributed by atoms with E-state index < -0.39 is 34.3 Å². The second kappa shape index (κ2) is 12.2. The molecule has 0 heterocycles. The van der Waals surface area contributed by atoms with Crippen LogP contribution >= 0.6 is 0 Å². The lowest BCUT2D eigenvalue weighted by Crippen LogP contribution is -2.52. The molecule has 7 nitrogen and oxygen atoms in total. The highest BCUT2D eigenvalue weighted by atomic mass is 32.2. The molecule has 0 bridgehead atoms. The summed E-state index contributed by atoms with van der Waals surface area (Å²) in [7, 11) is -4.13. The fraction of sp³-hybridized carbons (Fsp3) is 0.310. The Morgan fingerprint density at radius 3 is 2.16 bits per heavy atom. The van der Waals surface area contributed by atoms with Crippen molar-refractivity contribution in [3.05, 3.63) is 95.3 Å². The van der Waals surface area contributed by atoms with E-state index in [1.54, 1.807) is 44.2 Å². The normalized spacial score (nSPS) is 12.2. The zero-order valence-electron chi connectivity index (χ0n) is 22.3. The van der Waals surface area contributed by atoms with E-state index in [2.05, 4.69) is 5.32 Å². The number of nitrogens with one attached hydrogen (secondary N) is 1. The number of hydrogen-bond acceptors (Lipinski definition) is 4. The average Bonchev–Trinajstić information content (AvgIpc) is 2.88. The molecule has 38 heavy (non-hydrogen) atoms. The molecule has 3 aromatic carbocycles. The molecule has 3 rings (SSSR count). The van der Waals surface area contributed by atoms with E-state index in [1.807, 2.05) is 26.8 Å². The van der Waals surface area contributed by atoms with Crippen LogP contribution in [0.4, 0.5) is 10.1 Å². The highest BCUT2D eigenvalue weighted by molar-refractivity contribution is 7.92. The van der Waals surface area contributed by atoms with Gasteiger partial charge in [0.05, 0.1) is 10.6 Å². The maximum atomic E-state index is 13.9. The first kappa shape index (κ1) is 28.8. The zero-order valence-corrected chi connectivity index (χ0v) is 23.1. The summed E-state index contributed by atoms with van der Waals surface area (Å²) in [5.41, 5.74) is 2.49. The standard InChI is InChI=1S/C29H34FN3O4S/c1-20(2)31-29(35)23(5)32(18-24-13-15-25(30)16-14-24)28(34)19-33(27-17-21(3)11-12-22(27)4)38(36,37)26-9-7-6-8-10-26/h6-17,20,23H,18-19H2,1-5H3,(H,31,35)/t23-/m1/s1. The van der Waals surface area contributed by atoms with Crippen molar-refractivity contribution in [2.75, 3.05) is 10.8 Å². The van der Waals surface area contributed by atoms with Crippen molar-refractivity contribution in [1.82, 2.24) is 10.2 Å². The van der Waals surface area contributed by atoms with Crippen molar-refractivity contribution < 1.29 is 22.4 Å². The quantitative estimate of drug-likeness (QED) is 0.409. The van der Waals surface area contributed by atoms with E-state index >= 15 is 0 Å². The first-order chi connectivity index (χ1) is 17.9. The molecule has 1 atom stereocenters. The lowest BCUT2D eigenvalue weighted by molar-refractivity contribution is -0.139. The summed E-state index contributed by atoms with van der Waals surface area (Å²) < 4.78 is 42.3. The van der Waals surface area contributed by atoms with Gasteiger partial charge in [0.15, 0.2) is 0 Å². The molecule has 0 radical (unpaired) electrons. The summed E-state index contributed by atoms with van der Waals surface area (Å²) >= 11 is 0. The molecule has 2 amide bonds. The molecule has 9 heteroatoms. The van der Waals surface area contributed by atoms with Crippen LogP contribution in [0.25, 0.3) is 0 Å². The molecule has 3 aromatic rings. The smallest absolute Gasteiger partial charge is 0.264 e. The van der Waals surface area contributed by atoms with E-state index in [0.717, 1.165) is 9.87 Å². The van der Waals surface area contributed by atoms with Crippen LogP contribution in [-0.2, 0) is 26.2 Å². The van der Waals surface area contributed by atoms with Gasteiger partial charge in [-0.2, -0.15) is 0 Å². The first-order valence-corrected chi connectivity index (χ1v) is 13.8. The summed E-state index contributed by atoms with van der Waals surface area (Å²) in [6, 6.07) is 17.9. The van der Waals surface area contributed by atoms with E-state index in [0.29, 0.717) is 16.8 Å². The SMILES string of the molecule is Cc1ccc(C)c(N(CC(=O)N(Cc2ccc(F)cc2)[C@H](C)C(=O)NC(C)C)S(=O)(=O)c2ccccc2)c1. The van der Waals surface area contributed by atoms with Crippen molar-refractivity contribution in [2.24, 2.45) is 0 Å². The molecular formula is C29H34FN3O4S. The van der Waals surface area contributed by atoms with Gasteiger partial charge < -0.3 is 10.2 Å². The van der Waals surface area contributed by atoms with Crippen molar-refractivity contribution in [1.29, 1.82) is 0 Å². The van der Waals surface area contributed by atoms with Gasteiger partial charge in [-0.15, -0.1) is 0 Å². The van der Waals surface area contributed by atoms with Crippen molar-refractivity contribution >= 4 is 27.5 Å². The second-order valence-electron chi connectivity index (χ2n) is 9.60. The Labute approximate surface area is 224 Å². The molecule has 0 aliphatic rings. The zero-order chi connectivity index (χ0) is 28.0. The Morgan fingerprint density at radius 1 is 0.921 bits per heavy atom. The summed E-state index contributed by atoms with van der Waals surface area (Å²) in [6.45, 7) is 8.31. The fourth-order valence-electron chi connectivity index (χ4n) is 4.00. The van der Waals surface area contributed by atoms with Crippen molar-refractivity contribution in [3.63, 3.8) is 0 Å². The van der Waals surface area contributed by atoms with Crippen LogP contribution in [0, 0.1) is 19.7 Å². The number of rotatable bonds is 10. The van der Waals surface area contributed by atoms with Crippen LogP contribution in [0.15, 0.2) is 77.7 Å². The molecule has 0 saturated heterocycles. The Balaban J connectivity index is 2.06. The predicted molar refractivity (Wildman–Crippen MR) is 147 cm³/mol.